The zero-order chi connectivity index (χ0) is 13.8. The summed E-state index contributed by atoms with van der Waals surface area (Å²) in [6.07, 6.45) is 4.37. The van der Waals surface area contributed by atoms with Crippen LogP contribution < -0.4 is 5.32 Å². The van der Waals surface area contributed by atoms with E-state index in [1.807, 2.05) is 6.33 Å². The van der Waals surface area contributed by atoms with Gasteiger partial charge >= 0.3 is 0 Å². The maximum absolute atomic E-state index is 4.50. The summed E-state index contributed by atoms with van der Waals surface area (Å²) in [4.78, 5) is 4.50. The average molecular weight is 259 g/mol. The van der Waals surface area contributed by atoms with Crippen LogP contribution in [0.5, 0.6) is 0 Å². The van der Waals surface area contributed by atoms with Gasteiger partial charge in [0.1, 0.15) is 0 Å². The van der Waals surface area contributed by atoms with E-state index >= 15 is 0 Å². The van der Waals surface area contributed by atoms with Gasteiger partial charge in [-0.2, -0.15) is 0 Å². The molecule has 3 heteroatoms. The fourth-order valence-electron chi connectivity index (χ4n) is 2.51. The Morgan fingerprint density at radius 2 is 2.00 bits per heavy atom. The Morgan fingerprint density at radius 3 is 2.74 bits per heavy atom. The van der Waals surface area contributed by atoms with Gasteiger partial charge in [0, 0.05) is 12.6 Å². The molecule has 0 aliphatic rings. The van der Waals surface area contributed by atoms with E-state index in [2.05, 4.69) is 54.7 Å². The number of imidazole rings is 1. The van der Waals surface area contributed by atoms with Gasteiger partial charge in [-0.05, 0) is 63.4 Å². The van der Waals surface area contributed by atoms with E-state index in [4.69, 9.17) is 0 Å². The molecule has 2 rings (SSSR count). The standard InChI is InChI=1S/C16H25N3/c1-5-17-14(4)7-6-8-19-11-18-15-9-12(2)13(3)10-16(15)19/h9-11,14,17H,5-8H2,1-4H3. The van der Waals surface area contributed by atoms with Crippen molar-refractivity contribution < 1.29 is 0 Å². The molecule has 0 saturated heterocycles. The summed E-state index contributed by atoms with van der Waals surface area (Å²) in [6.45, 7) is 10.8. The molecule has 104 valence electrons. The summed E-state index contributed by atoms with van der Waals surface area (Å²) in [5, 5.41) is 3.45. The summed E-state index contributed by atoms with van der Waals surface area (Å²) in [7, 11) is 0. The fourth-order valence-corrected chi connectivity index (χ4v) is 2.51. The largest absolute Gasteiger partial charge is 0.331 e. The highest BCUT2D eigenvalue weighted by Gasteiger charge is 2.05. The highest BCUT2D eigenvalue weighted by Crippen LogP contribution is 2.18. The molecule has 0 aliphatic carbocycles. The molecule has 1 aromatic carbocycles. The minimum atomic E-state index is 0.601. The van der Waals surface area contributed by atoms with Crippen LogP contribution in [0.2, 0.25) is 0 Å². The first-order valence-electron chi connectivity index (χ1n) is 7.27. The van der Waals surface area contributed by atoms with Crippen molar-refractivity contribution in [3.63, 3.8) is 0 Å². The third-order valence-electron chi connectivity index (χ3n) is 3.83. The van der Waals surface area contributed by atoms with Gasteiger partial charge in [-0.1, -0.05) is 6.92 Å². The molecule has 1 heterocycles. The van der Waals surface area contributed by atoms with Crippen LogP contribution in [0, 0.1) is 13.8 Å². The van der Waals surface area contributed by atoms with E-state index in [1.54, 1.807) is 0 Å². The van der Waals surface area contributed by atoms with Crippen molar-refractivity contribution in [2.45, 2.75) is 53.1 Å². The van der Waals surface area contributed by atoms with E-state index in [-0.39, 0.29) is 0 Å². The number of hydrogen-bond acceptors (Lipinski definition) is 2. The number of aromatic nitrogens is 2. The summed E-state index contributed by atoms with van der Waals surface area (Å²) >= 11 is 0. The van der Waals surface area contributed by atoms with Crippen LogP contribution in [0.25, 0.3) is 11.0 Å². The molecular weight excluding hydrogens is 234 g/mol. The van der Waals surface area contributed by atoms with Gasteiger partial charge in [0.05, 0.1) is 17.4 Å². The third kappa shape index (κ3) is 3.35. The first-order chi connectivity index (χ1) is 9.11. The lowest BCUT2D eigenvalue weighted by atomic mass is 10.1. The van der Waals surface area contributed by atoms with Crippen molar-refractivity contribution in [1.29, 1.82) is 0 Å². The lowest BCUT2D eigenvalue weighted by Gasteiger charge is -2.12. The third-order valence-corrected chi connectivity index (χ3v) is 3.83. The second kappa shape index (κ2) is 6.20. The molecule has 19 heavy (non-hydrogen) atoms. The van der Waals surface area contributed by atoms with Crippen LogP contribution in [0.4, 0.5) is 0 Å². The summed E-state index contributed by atoms with van der Waals surface area (Å²) in [5.74, 6) is 0. The number of rotatable bonds is 6. The maximum atomic E-state index is 4.50. The minimum Gasteiger partial charge on any atom is -0.331 e. The fraction of sp³-hybridized carbons (Fsp3) is 0.562. The lowest BCUT2D eigenvalue weighted by Crippen LogP contribution is -2.25. The van der Waals surface area contributed by atoms with Crippen molar-refractivity contribution in [2.24, 2.45) is 0 Å². The van der Waals surface area contributed by atoms with Crippen LogP contribution in [0.1, 0.15) is 37.8 Å². The number of aryl methyl sites for hydroxylation is 3. The van der Waals surface area contributed by atoms with E-state index in [0.717, 1.165) is 18.6 Å². The molecule has 1 N–H and O–H groups in total. The average Bonchev–Trinajstić information content (AvgIpc) is 2.73. The molecule has 0 saturated carbocycles. The molecule has 1 aromatic heterocycles. The van der Waals surface area contributed by atoms with E-state index in [0.29, 0.717) is 6.04 Å². The number of fused-ring (bicyclic) bond motifs is 1. The topological polar surface area (TPSA) is 29.9 Å². The molecule has 0 fully saturated rings. The van der Waals surface area contributed by atoms with Crippen molar-refractivity contribution in [3.8, 4) is 0 Å². The van der Waals surface area contributed by atoms with Crippen molar-refractivity contribution in [3.05, 3.63) is 29.6 Å². The van der Waals surface area contributed by atoms with Crippen molar-refractivity contribution in [1.82, 2.24) is 14.9 Å². The molecule has 0 aliphatic heterocycles. The van der Waals surface area contributed by atoms with Gasteiger partial charge in [-0.25, -0.2) is 4.98 Å². The Morgan fingerprint density at radius 1 is 1.26 bits per heavy atom. The van der Waals surface area contributed by atoms with Crippen LogP contribution in [0.3, 0.4) is 0 Å². The number of hydrogen-bond donors (Lipinski definition) is 1. The SMILES string of the molecule is CCNC(C)CCCn1cnc2cc(C)c(C)cc21. The van der Waals surface area contributed by atoms with Gasteiger partial charge in [-0.3, -0.25) is 0 Å². The molecule has 0 spiro atoms. The molecule has 0 radical (unpaired) electrons. The Hall–Kier alpha value is -1.35. The number of nitrogens with zero attached hydrogens (tertiary/aromatic N) is 2. The van der Waals surface area contributed by atoms with Gasteiger partial charge in [0.25, 0.3) is 0 Å². The van der Waals surface area contributed by atoms with Crippen LogP contribution in [0.15, 0.2) is 18.5 Å². The maximum Gasteiger partial charge on any atom is 0.0958 e. The molecular formula is C16H25N3. The van der Waals surface area contributed by atoms with Crippen LogP contribution in [-0.2, 0) is 6.54 Å². The Balaban J connectivity index is 2.03. The van der Waals surface area contributed by atoms with E-state index < -0.39 is 0 Å². The summed E-state index contributed by atoms with van der Waals surface area (Å²) < 4.78 is 2.28. The molecule has 3 nitrogen and oxygen atoms in total. The highest BCUT2D eigenvalue weighted by atomic mass is 15.0. The highest BCUT2D eigenvalue weighted by molar-refractivity contribution is 5.77. The van der Waals surface area contributed by atoms with Crippen molar-refractivity contribution >= 4 is 11.0 Å². The predicted molar refractivity (Wildman–Crippen MR) is 81.6 cm³/mol. The molecule has 1 unspecified atom stereocenters. The van der Waals surface area contributed by atoms with Gasteiger partial charge in [-0.15, -0.1) is 0 Å². The second-order valence-electron chi connectivity index (χ2n) is 5.46. The molecule has 1 atom stereocenters. The monoisotopic (exact) mass is 259 g/mol. The van der Waals surface area contributed by atoms with E-state index in [9.17, 15) is 0 Å². The molecule has 0 bridgehead atoms. The summed E-state index contributed by atoms with van der Waals surface area (Å²) in [6, 6.07) is 5.04. The van der Waals surface area contributed by atoms with Gasteiger partial charge < -0.3 is 9.88 Å². The van der Waals surface area contributed by atoms with Crippen LogP contribution in [-0.4, -0.2) is 22.1 Å². The van der Waals surface area contributed by atoms with E-state index in [1.165, 1.54) is 29.5 Å². The van der Waals surface area contributed by atoms with Gasteiger partial charge in [0.15, 0.2) is 0 Å². The Kier molecular flexibility index (Phi) is 4.59. The van der Waals surface area contributed by atoms with Gasteiger partial charge in [0.2, 0.25) is 0 Å². The normalized spacial score (nSPS) is 13.1. The first-order valence-corrected chi connectivity index (χ1v) is 7.27. The quantitative estimate of drug-likeness (QED) is 0.861. The van der Waals surface area contributed by atoms with Crippen LogP contribution >= 0.6 is 0 Å². The Labute approximate surface area is 116 Å². The number of benzene rings is 1. The number of nitrogens with one attached hydrogen (secondary N) is 1. The predicted octanol–water partition coefficient (Wildman–Crippen LogP) is 3.43. The zero-order valence-electron chi connectivity index (χ0n) is 12.5. The second-order valence-corrected chi connectivity index (χ2v) is 5.46. The molecule has 0 amide bonds. The lowest BCUT2D eigenvalue weighted by molar-refractivity contribution is 0.489. The molecule has 2 aromatic rings. The van der Waals surface area contributed by atoms with Crippen molar-refractivity contribution in [2.75, 3.05) is 6.54 Å². The zero-order valence-corrected chi connectivity index (χ0v) is 12.5. The Bertz CT molecular complexity index is 542. The smallest absolute Gasteiger partial charge is 0.0958 e. The first kappa shape index (κ1) is 14.1. The minimum absolute atomic E-state index is 0.601. The summed E-state index contributed by atoms with van der Waals surface area (Å²) in [5.41, 5.74) is 5.04.